The summed E-state index contributed by atoms with van der Waals surface area (Å²) in [6, 6.07) is 12.5. The number of carbonyl (C=O) groups is 1. The molecule has 0 unspecified atom stereocenters. The smallest absolute Gasteiger partial charge is 0.387 e. The minimum absolute atomic E-state index is 0.0569. The maximum Gasteiger partial charge on any atom is 0.387 e. The Morgan fingerprint density at radius 1 is 1.11 bits per heavy atom. The van der Waals surface area contributed by atoms with Crippen molar-refractivity contribution in [1.82, 2.24) is 10.2 Å². The van der Waals surface area contributed by atoms with Crippen LogP contribution in [-0.2, 0) is 11.3 Å². The number of methoxy groups -OCH3 is 1. The van der Waals surface area contributed by atoms with Gasteiger partial charge in [0.15, 0.2) is 6.61 Å². The molecule has 0 saturated heterocycles. The van der Waals surface area contributed by atoms with Gasteiger partial charge in [-0.25, -0.2) is 4.79 Å². The number of hydrogen-bond acceptors (Lipinski definition) is 7. The van der Waals surface area contributed by atoms with E-state index in [0.717, 1.165) is 0 Å². The van der Waals surface area contributed by atoms with E-state index in [1.165, 1.54) is 24.3 Å². The Balaban J connectivity index is 1.65. The van der Waals surface area contributed by atoms with Crippen LogP contribution in [0.5, 0.6) is 11.5 Å². The molecule has 3 aromatic rings. The number of ether oxygens (including phenoxy) is 3. The van der Waals surface area contributed by atoms with Crippen LogP contribution in [0.25, 0.3) is 11.5 Å². The zero-order valence-electron chi connectivity index (χ0n) is 14.1. The van der Waals surface area contributed by atoms with Crippen molar-refractivity contribution >= 4 is 5.97 Å². The number of carbonyl (C=O) groups excluding carboxylic acids is 1. The standard InChI is InChI=1S/C18H14F2N2O5/c1-24-12-8-6-11(7-9-12)16-22-21-15(27-16)10-25-17(23)13-4-2-3-5-14(13)26-18(19)20/h2-9,18H,10H2,1H3. The average molecular weight is 376 g/mol. The summed E-state index contributed by atoms with van der Waals surface area (Å²) in [5.74, 6) is -0.152. The van der Waals surface area contributed by atoms with E-state index < -0.39 is 12.6 Å². The van der Waals surface area contributed by atoms with Crippen molar-refractivity contribution in [3.63, 3.8) is 0 Å². The Kier molecular flexibility index (Phi) is 5.60. The van der Waals surface area contributed by atoms with Crippen molar-refractivity contribution in [1.29, 1.82) is 0 Å². The van der Waals surface area contributed by atoms with Crippen LogP contribution < -0.4 is 9.47 Å². The van der Waals surface area contributed by atoms with E-state index in [1.54, 1.807) is 31.4 Å². The third-order valence-corrected chi connectivity index (χ3v) is 3.45. The largest absolute Gasteiger partial charge is 0.497 e. The Labute approximate surface area is 152 Å². The molecule has 0 spiro atoms. The van der Waals surface area contributed by atoms with E-state index in [0.29, 0.717) is 11.3 Å². The van der Waals surface area contributed by atoms with Gasteiger partial charge in [0.1, 0.15) is 17.1 Å². The van der Waals surface area contributed by atoms with E-state index >= 15 is 0 Å². The number of halogens is 2. The summed E-state index contributed by atoms with van der Waals surface area (Å²) in [6.07, 6.45) is 0. The highest BCUT2D eigenvalue weighted by Gasteiger charge is 2.18. The quantitative estimate of drug-likeness (QED) is 0.581. The molecule has 7 nitrogen and oxygen atoms in total. The second kappa shape index (κ2) is 8.26. The van der Waals surface area contributed by atoms with Gasteiger partial charge in [-0.05, 0) is 36.4 Å². The number of rotatable bonds is 7. The molecule has 0 aliphatic heterocycles. The fourth-order valence-corrected chi connectivity index (χ4v) is 2.20. The normalized spacial score (nSPS) is 10.7. The first-order chi connectivity index (χ1) is 13.1. The number of esters is 1. The van der Waals surface area contributed by atoms with Gasteiger partial charge in [-0.1, -0.05) is 12.1 Å². The van der Waals surface area contributed by atoms with Crippen LogP contribution in [0.15, 0.2) is 52.9 Å². The highest BCUT2D eigenvalue weighted by molar-refractivity contribution is 5.92. The van der Waals surface area contributed by atoms with E-state index in [1.807, 2.05) is 0 Å². The van der Waals surface area contributed by atoms with E-state index in [9.17, 15) is 13.6 Å². The van der Waals surface area contributed by atoms with Crippen LogP contribution in [0, 0.1) is 0 Å². The second-order valence-corrected chi connectivity index (χ2v) is 5.18. The summed E-state index contributed by atoms with van der Waals surface area (Å²) in [5, 5.41) is 7.67. The molecule has 3 rings (SSSR count). The molecule has 9 heteroatoms. The van der Waals surface area contributed by atoms with Crippen LogP contribution in [0.3, 0.4) is 0 Å². The van der Waals surface area contributed by atoms with E-state index in [-0.39, 0.29) is 29.7 Å². The number of aromatic nitrogens is 2. The maximum atomic E-state index is 12.4. The summed E-state index contributed by atoms with van der Waals surface area (Å²) in [5.41, 5.74) is 0.532. The molecule has 1 heterocycles. The molecule has 0 amide bonds. The lowest BCUT2D eigenvalue weighted by molar-refractivity contribution is -0.0505. The Hall–Kier alpha value is -3.49. The molecule has 1 aromatic heterocycles. The molecular formula is C18H14F2N2O5. The van der Waals surface area contributed by atoms with Crippen LogP contribution in [0.2, 0.25) is 0 Å². The van der Waals surface area contributed by atoms with E-state index in [2.05, 4.69) is 14.9 Å². The van der Waals surface area contributed by atoms with Crippen molar-refractivity contribution in [3.05, 3.63) is 60.0 Å². The Morgan fingerprint density at radius 2 is 1.85 bits per heavy atom. The molecule has 27 heavy (non-hydrogen) atoms. The molecule has 0 radical (unpaired) electrons. The first kappa shape index (κ1) is 18.3. The lowest BCUT2D eigenvalue weighted by Crippen LogP contribution is -2.10. The van der Waals surface area contributed by atoms with Crippen molar-refractivity contribution < 1.29 is 32.2 Å². The lowest BCUT2D eigenvalue weighted by atomic mass is 10.2. The summed E-state index contributed by atoms with van der Waals surface area (Å²) in [6.45, 7) is -3.37. The van der Waals surface area contributed by atoms with Gasteiger partial charge in [-0.2, -0.15) is 8.78 Å². The molecule has 0 fully saturated rings. The maximum absolute atomic E-state index is 12.4. The van der Waals surface area contributed by atoms with Gasteiger partial charge < -0.3 is 18.6 Å². The third kappa shape index (κ3) is 4.57. The molecule has 0 aliphatic carbocycles. The summed E-state index contributed by atoms with van der Waals surface area (Å²) in [7, 11) is 1.55. The topological polar surface area (TPSA) is 83.7 Å². The fraction of sp³-hybridized carbons (Fsp3) is 0.167. The number of hydrogen-bond donors (Lipinski definition) is 0. The van der Waals surface area contributed by atoms with Crippen molar-refractivity contribution in [3.8, 4) is 23.0 Å². The first-order valence-electron chi connectivity index (χ1n) is 7.74. The number of para-hydroxylation sites is 1. The van der Waals surface area contributed by atoms with Crippen molar-refractivity contribution in [2.75, 3.05) is 7.11 Å². The number of alkyl halides is 2. The molecule has 140 valence electrons. The SMILES string of the molecule is COc1ccc(-c2nnc(COC(=O)c3ccccc3OC(F)F)o2)cc1. The summed E-state index contributed by atoms with van der Waals surface area (Å²) >= 11 is 0. The summed E-state index contributed by atoms with van der Waals surface area (Å²) in [4.78, 5) is 12.1. The zero-order valence-corrected chi connectivity index (χ0v) is 14.1. The Bertz CT molecular complexity index is 912. The van der Waals surface area contributed by atoms with Gasteiger partial charge in [-0.15, -0.1) is 10.2 Å². The second-order valence-electron chi connectivity index (χ2n) is 5.18. The lowest BCUT2D eigenvalue weighted by Gasteiger charge is -2.09. The molecule has 2 aromatic carbocycles. The van der Waals surface area contributed by atoms with Gasteiger partial charge in [0.25, 0.3) is 5.89 Å². The highest BCUT2D eigenvalue weighted by atomic mass is 19.3. The molecular weight excluding hydrogens is 362 g/mol. The minimum Gasteiger partial charge on any atom is -0.497 e. The van der Waals surface area contributed by atoms with Gasteiger partial charge in [-0.3, -0.25) is 0 Å². The van der Waals surface area contributed by atoms with Crippen LogP contribution in [-0.4, -0.2) is 29.9 Å². The van der Waals surface area contributed by atoms with Gasteiger partial charge in [0.2, 0.25) is 5.89 Å². The van der Waals surface area contributed by atoms with Crippen LogP contribution in [0.1, 0.15) is 16.2 Å². The molecule has 0 atom stereocenters. The predicted octanol–water partition coefficient (Wildman–Crippen LogP) is 3.70. The minimum atomic E-state index is -3.05. The molecule has 0 saturated carbocycles. The molecule has 0 bridgehead atoms. The van der Waals surface area contributed by atoms with Gasteiger partial charge >= 0.3 is 12.6 Å². The van der Waals surface area contributed by atoms with Crippen molar-refractivity contribution in [2.24, 2.45) is 0 Å². The highest BCUT2D eigenvalue weighted by Crippen LogP contribution is 2.23. The Morgan fingerprint density at radius 3 is 2.56 bits per heavy atom. The first-order valence-corrected chi connectivity index (χ1v) is 7.74. The predicted molar refractivity (Wildman–Crippen MR) is 88.5 cm³/mol. The van der Waals surface area contributed by atoms with Gasteiger partial charge in [0.05, 0.1) is 7.11 Å². The van der Waals surface area contributed by atoms with Gasteiger partial charge in [0, 0.05) is 5.56 Å². The third-order valence-electron chi connectivity index (χ3n) is 3.45. The van der Waals surface area contributed by atoms with Crippen LogP contribution in [0.4, 0.5) is 8.78 Å². The van der Waals surface area contributed by atoms with Crippen molar-refractivity contribution in [2.45, 2.75) is 13.2 Å². The number of benzene rings is 2. The number of nitrogens with zero attached hydrogens (tertiary/aromatic N) is 2. The monoisotopic (exact) mass is 376 g/mol. The average Bonchev–Trinajstić information content (AvgIpc) is 3.15. The zero-order chi connectivity index (χ0) is 19.2. The fourth-order valence-electron chi connectivity index (χ4n) is 2.20. The summed E-state index contributed by atoms with van der Waals surface area (Å²) < 4.78 is 44.7. The van der Waals surface area contributed by atoms with E-state index in [4.69, 9.17) is 13.9 Å². The molecule has 0 aliphatic rings. The molecule has 0 N–H and O–H groups in total. The van der Waals surface area contributed by atoms with Crippen LogP contribution >= 0.6 is 0 Å².